The number of nitrogens with zero attached hydrogens (tertiary/aromatic N) is 3. The summed E-state index contributed by atoms with van der Waals surface area (Å²) >= 11 is 6.57. The molecule has 3 aliphatic heterocycles. The zero-order chi connectivity index (χ0) is 31.8. The van der Waals surface area contributed by atoms with Gasteiger partial charge in [-0.25, -0.2) is 17.2 Å². The van der Waals surface area contributed by atoms with Crippen LogP contribution < -0.4 is 4.31 Å². The number of ether oxygens (including phenoxy) is 1. The van der Waals surface area contributed by atoms with Crippen molar-refractivity contribution in [3.8, 4) is 0 Å². The summed E-state index contributed by atoms with van der Waals surface area (Å²) in [7, 11) is -3.53. The Balaban J connectivity index is 1.37. The molecule has 11 heteroatoms. The van der Waals surface area contributed by atoms with Gasteiger partial charge < -0.3 is 9.64 Å². The van der Waals surface area contributed by atoms with Crippen LogP contribution in [-0.4, -0.2) is 82.4 Å². The Morgan fingerprint density at radius 1 is 1.05 bits per heavy atom. The summed E-state index contributed by atoms with van der Waals surface area (Å²) in [6.07, 6.45) is 4.28. The first kappa shape index (κ1) is 33.1. The average molecular weight is 652 g/mol. The van der Waals surface area contributed by atoms with Gasteiger partial charge in [0.2, 0.25) is 15.9 Å². The number of rotatable bonds is 8. The van der Waals surface area contributed by atoms with Gasteiger partial charge in [-0.15, -0.1) is 0 Å². The van der Waals surface area contributed by atoms with Gasteiger partial charge in [0.25, 0.3) is 0 Å². The molecule has 44 heavy (non-hydrogen) atoms. The van der Waals surface area contributed by atoms with Gasteiger partial charge in [-0.3, -0.25) is 14.0 Å². The molecule has 0 spiro atoms. The van der Waals surface area contributed by atoms with Crippen molar-refractivity contribution >= 4 is 33.2 Å². The van der Waals surface area contributed by atoms with E-state index in [-0.39, 0.29) is 29.7 Å². The molecular formula is C33H44ClF2N3O4S. The third kappa shape index (κ3) is 7.24. The summed E-state index contributed by atoms with van der Waals surface area (Å²) in [5.41, 5.74) is 2.74. The molecule has 0 bridgehead atoms. The van der Waals surface area contributed by atoms with Crippen LogP contribution in [0, 0.1) is 30.4 Å². The molecule has 1 amide bonds. The third-order valence-electron chi connectivity index (χ3n) is 9.49. The lowest BCUT2D eigenvalue weighted by atomic mass is 9.85. The molecule has 5 rings (SSSR count). The Morgan fingerprint density at radius 3 is 2.34 bits per heavy atom. The van der Waals surface area contributed by atoms with Crippen molar-refractivity contribution < 1.29 is 26.7 Å². The zero-order valence-corrected chi connectivity index (χ0v) is 27.6. The van der Waals surface area contributed by atoms with Crippen LogP contribution in [0.5, 0.6) is 0 Å². The second kappa shape index (κ2) is 13.6. The fourth-order valence-electron chi connectivity index (χ4n) is 7.16. The fraction of sp³-hybridized carbons (Fsp3) is 0.606. The van der Waals surface area contributed by atoms with Gasteiger partial charge in [-0.2, -0.15) is 0 Å². The molecule has 2 aromatic rings. The first-order valence-corrected chi connectivity index (χ1v) is 17.9. The van der Waals surface area contributed by atoms with E-state index >= 15 is 4.39 Å². The van der Waals surface area contributed by atoms with Crippen molar-refractivity contribution in [2.45, 2.75) is 64.3 Å². The number of sulfonamides is 1. The predicted octanol–water partition coefficient (Wildman–Crippen LogP) is 5.95. The lowest BCUT2D eigenvalue weighted by Gasteiger charge is -2.37. The Hall–Kier alpha value is -2.27. The molecular weight excluding hydrogens is 608 g/mol. The highest BCUT2D eigenvalue weighted by molar-refractivity contribution is 7.92. The molecule has 3 heterocycles. The summed E-state index contributed by atoms with van der Waals surface area (Å²) in [6, 6.07) is 7.69. The summed E-state index contributed by atoms with van der Waals surface area (Å²) in [4.78, 5) is 18.3. The number of carbonyl (C=O) groups is 1. The van der Waals surface area contributed by atoms with Gasteiger partial charge in [0.1, 0.15) is 11.6 Å². The van der Waals surface area contributed by atoms with Gasteiger partial charge >= 0.3 is 0 Å². The van der Waals surface area contributed by atoms with Crippen LogP contribution in [0.25, 0.3) is 0 Å². The van der Waals surface area contributed by atoms with Crippen LogP contribution in [0.4, 0.5) is 14.5 Å². The molecule has 0 N–H and O–H groups in total. The minimum absolute atomic E-state index is 0.00790. The summed E-state index contributed by atoms with van der Waals surface area (Å²) < 4.78 is 61.7. The van der Waals surface area contributed by atoms with E-state index in [4.69, 9.17) is 16.3 Å². The number of hydrogen-bond donors (Lipinski definition) is 0. The van der Waals surface area contributed by atoms with Gasteiger partial charge in [-0.05, 0) is 79.3 Å². The van der Waals surface area contributed by atoms with Gasteiger partial charge in [0.05, 0.1) is 17.9 Å². The molecule has 0 radical (unpaired) electrons. The molecule has 3 saturated heterocycles. The van der Waals surface area contributed by atoms with Crippen molar-refractivity contribution in [1.82, 2.24) is 9.80 Å². The summed E-state index contributed by atoms with van der Waals surface area (Å²) in [6.45, 7) is 9.63. The predicted molar refractivity (Wildman–Crippen MR) is 170 cm³/mol. The van der Waals surface area contributed by atoms with E-state index in [1.807, 2.05) is 37.8 Å². The van der Waals surface area contributed by atoms with E-state index in [0.29, 0.717) is 75.1 Å². The van der Waals surface area contributed by atoms with Crippen LogP contribution in [0.1, 0.15) is 68.1 Å². The highest BCUT2D eigenvalue weighted by Gasteiger charge is 2.44. The number of aryl methyl sites for hydroxylation is 1. The number of anilines is 1. The first-order valence-electron chi connectivity index (χ1n) is 15.7. The number of amides is 1. The van der Waals surface area contributed by atoms with Crippen molar-refractivity contribution in [3.63, 3.8) is 0 Å². The maximum absolute atomic E-state index is 15.1. The number of carbonyl (C=O) groups excluding carboxylic acids is 1. The lowest BCUT2D eigenvalue weighted by Crippen LogP contribution is -2.44. The Kier molecular flexibility index (Phi) is 10.2. The quantitative estimate of drug-likeness (QED) is 0.353. The minimum Gasteiger partial charge on any atom is -0.381 e. The van der Waals surface area contributed by atoms with Crippen LogP contribution in [-0.2, 0) is 19.6 Å². The van der Waals surface area contributed by atoms with Gasteiger partial charge in [0.15, 0.2) is 0 Å². The Bertz CT molecular complexity index is 1460. The van der Waals surface area contributed by atoms with E-state index in [1.165, 1.54) is 22.7 Å². The van der Waals surface area contributed by atoms with Crippen molar-refractivity contribution in [2.24, 2.45) is 11.8 Å². The maximum atomic E-state index is 15.1. The van der Waals surface area contributed by atoms with Gasteiger partial charge in [0, 0.05) is 69.0 Å². The summed E-state index contributed by atoms with van der Waals surface area (Å²) in [5.74, 6) is -1.91. The monoisotopic (exact) mass is 651 g/mol. The molecule has 3 fully saturated rings. The maximum Gasteiger partial charge on any atom is 0.232 e. The molecule has 2 atom stereocenters. The molecule has 7 nitrogen and oxygen atoms in total. The van der Waals surface area contributed by atoms with E-state index < -0.39 is 27.6 Å². The van der Waals surface area contributed by atoms with Crippen molar-refractivity contribution in [3.05, 3.63) is 63.7 Å². The SMILES string of the molecule is Cc1cc(N(CC(C)C)S(C)(=O)=O)c(C2CCN(C(=O)C3CN(C4CCOCC4)CC3c3ccc(F)cc3F)CC2)cc1Cl. The molecule has 0 aromatic heterocycles. The lowest BCUT2D eigenvalue weighted by molar-refractivity contribution is -0.136. The Labute approximate surface area is 265 Å². The molecule has 0 saturated carbocycles. The normalized spacial score (nSPS) is 22.6. The highest BCUT2D eigenvalue weighted by Crippen LogP contribution is 2.41. The first-order chi connectivity index (χ1) is 20.8. The van der Waals surface area contributed by atoms with Crippen LogP contribution in [0.3, 0.4) is 0 Å². The van der Waals surface area contributed by atoms with Crippen LogP contribution >= 0.6 is 11.6 Å². The molecule has 2 aromatic carbocycles. The largest absolute Gasteiger partial charge is 0.381 e. The second-order valence-corrected chi connectivity index (χ2v) is 15.4. The standard InChI is InChI=1S/C33H44ClF2N3O4S/c1-21(2)18-39(44(4,41)42)32-15-22(3)30(34)17-27(32)23-7-11-37(12-8-23)33(40)29-20-38(25-9-13-43-14-10-25)19-28(29)26-6-5-24(35)16-31(26)36/h5-6,15-17,21,23,25,28-29H,7-14,18-20H2,1-4H3. The van der Waals surface area contributed by atoms with E-state index in [9.17, 15) is 17.6 Å². The number of benzene rings is 2. The molecule has 3 aliphatic rings. The van der Waals surface area contributed by atoms with Gasteiger partial charge in [-0.1, -0.05) is 31.5 Å². The highest BCUT2D eigenvalue weighted by atomic mass is 35.5. The van der Waals surface area contributed by atoms with E-state index in [2.05, 4.69) is 4.90 Å². The average Bonchev–Trinajstić information content (AvgIpc) is 3.42. The van der Waals surface area contributed by atoms with Crippen molar-refractivity contribution in [2.75, 3.05) is 56.5 Å². The van der Waals surface area contributed by atoms with E-state index in [1.54, 1.807) is 0 Å². The minimum atomic E-state index is -3.53. The van der Waals surface area contributed by atoms with Crippen LogP contribution in [0.15, 0.2) is 30.3 Å². The second-order valence-electron chi connectivity index (χ2n) is 13.1. The molecule has 242 valence electrons. The van der Waals surface area contributed by atoms with E-state index in [0.717, 1.165) is 30.0 Å². The Morgan fingerprint density at radius 2 is 1.73 bits per heavy atom. The topological polar surface area (TPSA) is 70.2 Å². The number of halogens is 3. The number of likely N-dealkylation sites (tertiary alicyclic amines) is 2. The number of hydrogen-bond acceptors (Lipinski definition) is 5. The van der Waals surface area contributed by atoms with Crippen LogP contribution in [0.2, 0.25) is 5.02 Å². The number of piperidine rings is 1. The molecule has 2 unspecified atom stereocenters. The summed E-state index contributed by atoms with van der Waals surface area (Å²) in [5, 5.41) is 0.587. The smallest absolute Gasteiger partial charge is 0.232 e. The third-order valence-corrected chi connectivity index (χ3v) is 11.0. The fourth-order valence-corrected chi connectivity index (χ4v) is 8.42. The molecule has 0 aliphatic carbocycles. The zero-order valence-electron chi connectivity index (χ0n) is 26.1. The van der Waals surface area contributed by atoms with Crippen molar-refractivity contribution in [1.29, 1.82) is 0 Å².